The van der Waals surface area contributed by atoms with E-state index in [4.69, 9.17) is 11.6 Å². The van der Waals surface area contributed by atoms with Crippen LogP contribution >= 0.6 is 11.6 Å². The van der Waals surface area contributed by atoms with Crippen molar-refractivity contribution < 1.29 is 8.76 Å². The van der Waals surface area contributed by atoms with Gasteiger partial charge in [-0.25, -0.2) is 0 Å². The van der Waals surface area contributed by atoms with Crippen molar-refractivity contribution >= 4 is 22.7 Å². The van der Waals surface area contributed by atoms with E-state index in [0.29, 0.717) is 5.02 Å². The molecule has 0 aliphatic rings. The first-order chi connectivity index (χ1) is 5.61. The van der Waals surface area contributed by atoms with Gasteiger partial charge in [-0.3, -0.25) is 4.21 Å². The average Bonchev–Trinajstić information content (AvgIpc) is 2.03. The van der Waals surface area contributed by atoms with Gasteiger partial charge >= 0.3 is 0 Å². The van der Waals surface area contributed by atoms with Crippen molar-refractivity contribution in [1.29, 1.82) is 0 Å². The van der Waals surface area contributed by atoms with Crippen molar-refractivity contribution in [2.24, 2.45) is 0 Å². The largest absolute Gasteiger partial charge is 0.772 e. The number of hydrogen-bond acceptors (Lipinski definition) is 2. The minimum absolute atomic E-state index is 0.497. The van der Waals surface area contributed by atoms with Gasteiger partial charge in [-0.05, 0) is 35.7 Å². The summed E-state index contributed by atoms with van der Waals surface area (Å²) < 4.78 is 21.1. The molecule has 0 heterocycles. The van der Waals surface area contributed by atoms with Crippen LogP contribution in [0.4, 0.5) is 0 Å². The zero-order valence-corrected chi connectivity index (χ0v) is 8.06. The van der Waals surface area contributed by atoms with Gasteiger partial charge in [-0.15, -0.1) is 0 Å². The van der Waals surface area contributed by atoms with Crippen LogP contribution in [0.25, 0.3) is 0 Å². The molecule has 66 valence electrons. The molecule has 1 aromatic rings. The van der Waals surface area contributed by atoms with Gasteiger partial charge in [0.05, 0.1) is 0 Å². The van der Waals surface area contributed by atoms with Crippen LogP contribution in [0.5, 0.6) is 0 Å². The Morgan fingerprint density at radius 2 is 2.25 bits per heavy atom. The lowest BCUT2D eigenvalue weighted by molar-refractivity contribution is 0.527. The van der Waals surface area contributed by atoms with Gasteiger partial charge in [0.1, 0.15) is 0 Å². The smallest absolute Gasteiger partial charge is 0.0437 e. The fourth-order valence-electron chi connectivity index (χ4n) is 0.871. The van der Waals surface area contributed by atoms with Crippen molar-refractivity contribution in [3.8, 4) is 0 Å². The predicted molar refractivity (Wildman–Crippen MR) is 48.8 cm³/mol. The molecular formula is C8H8ClO2S-. The van der Waals surface area contributed by atoms with E-state index < -0.39 is 16.3 Å². The van der Waals surface area contributed by atoms with Gasteiger partial charge in [0.25, 0.3) is 0 Å². The first-order valence-corrected chi connectivity index (χ1v) is 4.96. The maximum atomic E-state index is 10.6. The summed E-state index contributed by atoms with van der Waals surface area (Å²) in [5.41, 5.74) is 0.718. The summed E-state index contributed by atoms with van der Waals surface area (Å²) in [7, 11) is 0. The summed E-state index contributed by atoms with van der Waals surface area (Å²) >= 11 is 3.61. The van der Waals surface area contributed by atoms with Crippen LogP contribution in [0.2, 0.25) is 5.02 Å². The number of rotatable bonds is 2. The first kappa shape index (κ1) is 9.71. The lowest BCUT2D eigenvalue weighted by atomic mass is 10.2. The molecule has 4 heteroatoms. The molecule has 0 amide bonds. The number of benzene rings is 1. The molecule has 0 fully saturated rings. The fraction of sp³-hybridized carbons (Fsp3) is 0.250. The molecule has 2 nitrogen and oxygen atoms in total. The quantitative estimate of drug-likeness (QED) is 0.692. The van der Waals surface area contributed by atoms with E-state index in [2.05, 4.69) is 0 Å². The van der Waals surface area contributed by atoms with E-state index in [1.807, 2.05) is 0 Å². The second kappa shape index (κ2) is 4.03. The van der Waals surface area contributed by atoms with E-state index in [9.17, 15) is 8.76 Å². The molecule has 0 aliphatic carbocycles. The van der Waals surface area contributed by atoms with Crippen LogP contribution in [0, 0.1) is 0 Å². The zero-order chi connectivity index (χ0) is 9.14. The van der Waals surface area contributed by atoms with Gasteiger partial charge < -0.3 is 4.55 Å². The van der Waals surface area contributed by atoms with Gasteiger partial charge in [0.15, 0.2) is 0 Å². The molecule has 0 radical (unpaired) electrons. The number of hydrogen-bond donors (Lipinski definition) is 0. The molecule has 0 spiro atoms. The van der Waals surface area contributed by atoms with Crippen LogP contribution in [0.1, 0.15) is 17.7 Å². The maximum absolute atomic E-state index is 10.6. The van der Waals surface area contributed by atoms with Crippen LogP contribution in [-0.4, -0.2) is 8.76 Å². The minimum Gasteiger partial charge on any atom is -0.772 e. The summed E-state index contributed by atoms with van der Waals surface area (Å²) in [6.45, 7) is 1.62. The normalized spacial score (nSPS) is 15.6. The van der Waals surface area contributed by atoms with Gasteiger partial charge in [-0.1, -0.05) is 23.7 Å². The lowest BCUT2D eigenvalue weighted by Crippen LogP contribution is -2.00. The highest BCUT2D eigenvalue weighted by molar-refractivity contribution is 7.79. The van der Waals surface area contributed by atoms with Gasteiger partial charge in [0, 0.05) is 10.3 Å². The highest BCUT2D eigenvalue weighted by Crippen LogP contribution is 2.20. The molecule has 2 unspecified atom stereocenters. The molecular weight excluding hydrogens is 196 g/mol. The molecule has 0 aliphatic heterocycles. The lowest BCUT2D eigenvalue weighted by Gasteiger charge is -2.14. The van der Waals surface area contributed by atoms with Crippen LogP contribution < -0.4 is 0 Å². The van der Waals surface area contributed by atoms with Crippen molar-refractivity contribution in [2.45, 2.75) is 12.2 Å². The van der Waals surface area contributed by atoms with Crippen molar-refractivity contribution in [2.75, 3.05) is 0 Å². The first-order valence-electron chi connectivity index (χ1n) is 3.45. The Bertz CT molecular complexity index is 301. The average molecular weight is 204 g/mol. The molecule has 1 rings (SSSR count). The highest BCUT2D eigenvalue weighted by Gasteiger charge is 2.04. The summed E-state index contributed by atoms with van der Waals surface area (Å²) in [4.78, 5) is 0. The second-order valence-corrected chi connectivity index (χ2v) is 4.12. The van der Waals surface area contributed by atoms with Crippen molar-refractivity contribution in [1.82, 2.24) is 0 Å². The predicted octanol–water partition coefficient (Wildman–Crippen LogP) is 2.28. The second-order valence-electron chi connectivity index (χ2n) is 2.46. The van der Waals surface area contributed by atoms with E-state index in [-0.39, 0.29) is 0 Å². The molecule has 0 bridgehead atoms. The Hall–Kier alpha value is -0.380. The summed E-state index contributed by atoms with van der Waals surface area (Å²) in [5, 5.41) is 0.0634. The fourth-order valence-corrected chi connectivity index (χ4v) is 1.44. The molecule has 0 saturated carbocycles. The topological polar surface area (TPSA) is 40.1 Å². The standard InChI is InChI=1S/C8H9ClO2S/c1-6(12(10)11)7-3-2-4-8(9)5-7/h2-6H,1H3,(H,10,11)/p-1. The van der Waals surface area contributed by atoms with Crippen molar-refractivity contribution in [3.05, 3.63) is 34.9 Å². The van der Waals surface area contributed by atoms with Crippen LogP contribution in [-0.2, 0) is 11.1 Å². The molecule has 1 aromatic carbocycles. The van der Waals surface area contributed by atoms with E-state index in [1.54, 1.807) is 31.2 Å². The Morgan fingerprint density at radius 1 is 1.58 bits per heavy atom. The molecule has 12 heavy (non-hydrogen) atoms. The Morgan fingerprint density at radius 3 is 2.75 bits per heavy atom. The van der Waals surface area contributed by atoms with Crippen LogP contribution in [0.3, 0.4) is 0 Å². The Labute approximate surface area is 78.8 Å². The molecule has 0 N–H and O–H groups in total. The van der Waals surface area contributed by atoms with E-state index in [1.165, 1.54) is 0 Å². The number of halogens is 1. The third-order valence-corrected chi connectivity index (χ3v) is 2.69. The third-order valence-electron chi connectivity index (χ3n) is 1.61. The third kappa shape index (κ3) is 2.30. The zero-order valence-electron chi connectivity index (χ0n) is 6.49. The van der Waals surface area contributed by atoms with Crippen LogP contribution in [0.15, 0.2) is 24.3 Å². The summed E-state index contributed by atoms with van der Waals surface area (Å²) in [5.74, 6) is 0. The monoisotopic (exact) mass is 203 g/mol. The SMILES string of the molecule is CC(c1cccc(Cl)c1)S(=O)[O-]. The van der Waals surface area contributed by atoms with Crippen molar-refractivity contribution in [3.63, 3.8) is 0 Å². The highest BCUT2D eigenvalue weighted by atomic mass is 35.5. The van der Waals surface area contributed by atoms with E-state index in [0.717, 1.165) is 5.56 Å². The molecule has 0 saturated heterocycles. The Kier molecular flexibility index (Phi) is 3.26. The van der Waals surface area contributed by atoms with Gasteiger partial charge in [-0.2, -0.15) is 0 Å². The minimum atomic E-state index is -2.08. The Balaban J connectivity index is 2.95. The van der Waals surface area contributed by atoms with E-state index >= 15 is 0 Å². The molecule has 0 aromatic heterocycles. The maximum Gasteiger partial charge on any atom is 0.0437 e. The van der Waals surface area contributed by atoms with Gasteiger partial charge in [0.2, 0.25) is 0 Å². The molecule has 2 atom stereocenters. The summed E-state index contributed by atoms with van der Waals surface area (Å²) in [6.07, 6.45) is 0. The summed E-state index contributed by atoms with van der Waals surface area (Å²) in [6, 6.07) is 6.85.